The second-order valence-corrected chi connectivity index (χ2v) is 4.84. The Morgan fingerprint density at radius 2 is 2.40 bits per heavy atom. The molecule has 0 unspecified atom stereocenters. The minimum atomic E-state index is -0.383. The normalized spacial score (nSPS) is 11.0. The van der Waals surface area contributed by atoms with Crippen LogP contribution in [0.4, 0.5) is 0 Å². The average molecular weight is 286 g/mol. The molecule has 0 aliphatic carbocycles. The van der Waals surface area contributed by atoms with Crippen LogP contribution in [-0.4, -0.2) is 22.3 Å². The highest BCUT2D eigenvalue weighted by molar-refractivity contribution is 7.11. The van der Waals surface area contributed by atoms with Gasteiger partial charge in [0.15, 0.2) is 11.5 Å². The lowest BCUT2D eigenvalue weighted by molar-refractivity contribution is 0.0950. The van der Waals surface area contributed by atoms with Crippen LogP contribution in [0.5, 0.6) is 0 Å². The second-order valence-electron chi connectivity index (χ2n) is 3.86. The average Bonchev–Trinajstić information content (AvgIpc) is 3.20. The molecule has 7 heteroatoms. The molecule has 6 nitrogen and oxygen atoms in total. The first-order chi connectivity index (χ1) is 9.83. The van der Waals surface area contributed by atoms with Gasteiger partial charge in [0.25, 0.3) is 5.91 Å². The fourth-order valence-electron chi connectivity index (χ4n) is 1.57. The van der Waals surface area contributed by atoms with Gasteiger partial charge in [-0.2, -0.15) is 10.2 Å². The quantitative estimate of drug-likeness (QED) is 0.571. The van der Waals surface area contributed by atoms with Gasteiger partial charge < -0.3 is 4.42 Å². The lowest BCUT2D eigenvalue weighted by Crippen LogP contribution is -2.17. The molecular weight excluding hydrogens is 276 g/mol. The Labute approximate surface area is 118 Å². The highest BCUT2D eigenvalue weighted by Gasteiger charge is 2.11. The lowest BCUT2D eigenvalue weighted by atomic mass is 10.3. The van der Waals surface area contributed by atoms with Gasteiger partial charge in [0, 0.05) is 10.9 Å². The second kappa shape index (κ2) is 5.54. The Balaban J connectivity index is 1.66. The predicted molar refractivity (Wildman–Crippen MR) is 75.7 cm³/mol. The molecule has 0 aliphatic rings. The Bertz CT molecular complexity index is 713. The van der Waals surface area contributed by atoms with Crippen LogP contribution in [0.2, 0.25) is 0 Å². The molecule has 1 amide bonds. The van der Waals surface area contributed by atoms with Crippen molar-refractivity contribution in [3.05, 3.63) is 52.5 Å². The van der Waals surface area contributed by atoms with Crippen molar-refractivity contribution in [2.75, 3.05) is 0 Å². The minimum Gasteiger partial charge on any atom is -0.463 e. The van der Waals surface area contributed by atoms with E-state index < -0.39 is 0 Å². The summed E-state index contributed by atoms with van der Waals surface area (Å²) in [5, 5.41) is 12.5. The molecule has 0 fully saturated rings. The SMILES string of the molecule is O=C(N/N=C\c1cccs1)c1cc(-c2ccco2)[nH]n1. The zero-order chi connectivity index (χ0) is 13.8. The van der Waals surface area contributed by atoms with Crippen LogP contribution in [-0.2, 0) is 0 Å². The first-order valence-corrected chi connectivity index (χ1v) is 6.67. The molecule has 0 bridgehead atoms. The number of rotatable bonds is 4. The first kappa shape index (κ1) is 12.4. The van der Waals surface area contributed by atoms with Crippen LogP contribution < -0.4 is 5.43 Å². The van der Waals surface area contributed by atoms with E-state index in [0.29, 0.717) is 11.5 Å². The molecule has 0 aromatic carbocycles. The molecule has 0 aliphatic heterocycles. The van der Waals surface area contributed by atoms with Crippen LogP contribution in [0.3, 0.4) is 0 Å². The summed E-state index contributed by atoms with van der Waals surface area (Å²) in [4.78, 5) is 12.8. The van der Waals surface area contributed by atoms with Gasteiger partial charge in [-0.1, -0.05) is 6.07 Å². The summed E-state index contributed by atoms with van der Waals surface area (Å²) >= 11 is 1.54. The number of aromatic nitrogens is 2. The number of aromatic amines is 1. The molecule has 0 spiro atoms. The van der Waals surface area contributed by atoms with Crippen molar-refractivity contribution in [2.24, 2.45) is 5.10 Å². The third-order valence-electron chi connectivity index (χ3n) is 2.50. The summed E-state index contributed by atoms with van der Waals surface area (Å²) in [7, 11) is 0. The maximum atomic E-state index is 11.8. The summed E-state index contributed by atoms with van der Waals surface area (Å²) < 4.78 is 5.21. The Kier molecular flexibility index (Phi) is 3.42. The number of hydrogen-bond acceptors (Lipinski definition) is 5. The van der Waals surface area contributed by atoms with Crippen molar-refractivity contribution >= 4 is 23.5 Å². The minimum absolute atomic E-state index is 0.250. The van der Waals surface area contributed by atoms with Gasteiger partial charge >= 0.3 is 0 Å². The Morgan fingerprint density at radius 1 is 1.45 bits per heavy atom. The monoisotopic (exact) mass is 286 g/mol. The molecule has 20 heavy (non-hydrogen) atoms. The maximum absolute atomic E-state index is 11.8. The lowest BCUT2D eigenvalue weighted by Gasteiger charge is -1.93. The molecule has 100 valence electrons. The van der Waals surface area contributed by atoms with Gasteiger partial charge in [-0.05, 0) is 23.6 Å². The summed E-state index contributed by atoms with van der Waals surface area (Å²) in [6.07, 6.45) is 3.14. The number of thiophene rings is 1. The highest BCUT2D eigenvalue weighted by atomic mass is 32.1. The standard InChI is InChI=1S/C13H10N4O2S/c18-13(17-14-8-9-3-2-6-20-9)11-7-10(15-16-11)12-4-1-5-19-12/h1-8H,(H,15,16)(H,17,18)/b14-8-. The summed E-state index contributed by atoms with van der Waals surface area (Å²) in [5.41, 5.74) is 3.31. The van der Waals surface area contributed by atoms with E-state index in [0.717, 1.165) is 4.88 Å². The topological polar surface area (TPSA) is 83.3 Å². The van der Waals surface area contributed by atoms with Crippen molar-refractivity contribution in [2.45, 2.75) is 0 Å². The van der Waals surface area contributed by atoms with Crippen LogP contribution in [0, 0.1) is 0 Å². The van der Waals surface area contributed by atoms with Gasteiger partial charge in [0.1, 0.15) is 5.69 Å². The van der Waals surface area contributed by atoms with Crippen LogP contribution in [0.1, 0.15) is 15.4 Å². The fraction of sp³-hybridized carbons (Fsp3) is 0. The molecule has 0 radical (unpaired) electrons. The largest absolute Gasteiger partial charge is 0.463 e. The van der Waals surface area contributed by atoms with Crippen molar-refractivity contribution < 1.29 is 9.21 Å². The van der Waals surface area contributed by atoms with E-state index in [-0.39, 0.29) is 11.6 Å². The number of carbonyl (C=O) groups is 1. The molecule has 0 saturated heterocycles. The van der Waals surface area contributed by atoms with Crippen molar-refractivity contribution in [1.29, 1.82) is 0 Å². The smallest absolute Gasteiger partial charge is 0.291 e. The number of hydrogen-bond donors (Lipinski definition) is 2. The Morgan fingerprint density at radius 3 is 3.15 bits per heavy atom. The van der Waals surface area contributed by atoms with Gasteiger partial charge in [-0.3, -0.25) is 9.89 Å². The van der Waals surface area contributed by atoms with E-state index in [1.165, 1.54) is 11.3 Å². The molecule has 3 aromatic heterocycles. The number of amides is 1. The third-order valence-corrected chi connectivity index (χ3v) is 3.31. The van der Waals surface area contributed by atoms with Crippen LogP contribution >= 0.6 is 11.3 Å². The van der Waals surface area contributed by atoms with E-state index >= 15 is 0 Å². The van der Waals surface area contributed by atoms with E-state index in [1.807, 2.05) is 17.5 Å². The number of nitrogens with one attached hydrogen (secondary N) is 2. The van der Waals surface area contributed by atoms with Crippen molar-refractivity contribution in [1.82, 2.24) is 15.6 Å². The van der Waals surface area contributed by atoms with Crippen LogP contribution in [0.15, 0.2) is 51.5 Å². The molecule has 0 saturated carbocycles. The summed E-state index contributed by atoms with van der Waals surface area (Å²) in [5.74, 6) is 0.241. The third kappa shape index (κ3) is 2.67. The number of nitrogens with zero attached hydrogens (tertiary/aromatic N) is 2. The van der Waals surface area contributed by atoms with Gasteiger partial charge in [-0.15, -0.1) is 11.3 Å². The van der Waals surface area contributed by atoms with E-state index in [1.54, 1.807) is 30.7 Å². The highest BCUT2D eigenvalue weighted by Crippen LogP contribution is 2.17. The van der Waals surface area contributed by atoms with E-state index in [2.05, 4.69) is 20.7 Å². The number of H-pyrrole nitrogens is 1. The predicted octanol–water partition coefficient (Wildman–Crippen LogP) is 2.50. The summed E-state index contributed by atoms with van der Waals surface area (Å²) in [6.45, 7) is 0. The molecule has 3 rings (SSSR count). The Hall–Kier alpha value is -2.67. The van der Waals surface area contributed by atoms with Gasteiger partial charge in [0.2, 0.25) is 0 Å². The molecule has 2 N–H and O–H groups in total. The van der Waals surface area contributed by atoms with E-state index in [9.17, 15) is 4.79 Å². The maximum Gasteiger partial charge on any atom is 0.291 e. The molecule has 3 aromatic rings. The van der Waals surface area contributed by atoms with Gasteiger partial charge in [0.05, 0.1) is 12.5 Å². The first-order valence-electron chi connectivity index (χ1n) is 5.79. The molecule has 0 atom stereocenters. The van der Waals surface area contributed by atoms with Gasteiger partial charge in [-0.25, -0.2) is 5.43 Å². The van der Waals surface area contributed by atoms with Crippen LogP contribution in [0.25, 0.3) is 11.5 Å². The number of carbonyl (C=O) groups excluding carboxylic acids is 1. The number of furan rings is 1. The van der Waals surface area contributed by atoms with E-state index in [4.69, 9.17) is 4.42 Å². The molecular formula is C13H10N4O2S. The van der Waals surface area contributed by atoms with Crippen molar-refractivity contribution in [3.8, 4) is 11.5 Å². The summed E-state index contributed by atoms with van der Waals surface area (Å²) in [6, 6.07) is 8.97. The molecule has 3 heterocycles. The zero-order valence-corrected chi connectivity index (χ0v) is 11.1. The number of hydrazone groups is 1. The fourth-order valence-corrected chi connectivity index (χ4v) is 2.16. The van der Waals surface area contributed by atoms with Crippen molar-refractivity contribution in [3.63, 3.8) is 0 Å². The zero-order valence-electron chi connectivity index (χ0n) is 10.2.